The monoisotopic (exact) mass is 560 g/mol. The highest BCUT2D eigenvalue weighted by atomic mass is 16.2. The quantitative estimate of drug-likeness (QED) is 0.192. The van der Waals surface area contributed by atoms with Crippen LogP contribution in [-0.4, -0.2) is 21.8 Å². The molecule has 0 radical (unpaired) electrons. The maximum absolute atomic E-state index is 13.1. The van der Waals surface area contributed by atoms with Gasteiger partial charge in [-0.3, -0.25) is 9.59 Å². The number of amides is 2. The highest BCUT2D eigenvalue weighted by molar-refractivity contribution is 6.05. The molecule has 0 fully saturated rings. The van der Waals surface area contributed by atoms with Crippen LogP contribution in [0, 0.1) is 13.8 Å². The highest BCUT2D eigenvalue weighted by Crippen LogP contribution is 2.20. The first-order valence-electron chi connectivity index (χ1n) is 13.9. The van der Waals surface area contributed by atoms with Gasteiger partial charge in [0.15, 0.2) is 0 Å². The van der Waals surface area contributed by atoms with Gasteiger partial charge in [0.1, 0.15) is 0 Å². The molecule has 0 saturated heterocycles. The van der Waals surface area contributed by atoms with E-state index in [2.05, 4.69) is 82.0 Å². The molecule has 3 aromatic rings. The van der Waals surface area contributed by atoms with Gasteiger partial charge >= 0.3 is 0 Å². The fourth-order valence-corrected chi connectivity index (χ4v) is 4.26. The fraction of sp³-hybridized carbons (Fsp3) is 0.176. The molecule has 1 aromatic heterocycles. The van der Waals surface area contributed by atoms with Crippen molar-refractivity contribution in [2.45, 2.75) is 40.2 Å². The van der Waals surface area contributed by atoms with Crippen LogP contribution >= 0.6 is 0 Å². The van der Waals surface area contributed by atoms with Gasteiger partial charge < -0.3 is 21.3 Å². The number of hydrogen-bond donors (Lipinski definition) is 4. The zero-order chi connectivity index (χ0) is 29.9. The van der Waals surface area contributed by atoms with E-state index in [1.165, 1.54) is 22.8 Å². The second kappa shape index (κ2) is 14.4. The molecule has 1 aliphatic carbocycles. The molecule has 0 saturated carbocycles. The van der Waals surface area contributed by atoms with Crippen molar-refractivity contribution in [3.05, 3.63) is 131 Å². The number of hydrogen-bond acceptors (Lipinski definition) is 6. The molecule has 4 N–H and O–H groups in total. The molecule has 0 atom stereocenters. The Morgan fingerprint density at radius 3 is 2.55 bits per heavy atom. The summed E-state index contributed by atoms with van der Waals surface area (Å²) in [7, 11) is 0. The third-order valence-corrected chi connectivity index (χ3v) is 6.60. The molecular weight excluding hydrogens is 524 g/mol. The lowest BCUT2D eigenvalue weighted by Crippen LogP contribution is -2.18. The number of rotatable bonds is 11. The molecule has 1 heterocycles. The lowest BCUT2D eigenvalue weighted by molar-refractivity contribution is -0.115. The molecule has 2 aromatic carbocycles. The first-order chi connectivity index (χ1) is 20.3. The van der Waals surface area contributed by atoms with Gasteiger partial charge in [-0.05, 0) is 72.9 Å². The number of carbonyl (C=O) groups is 2. The van der Waals surface area contributed by atoms with Crippen molar-refractivity contribution in [2.24, 2.45) is 0 Å². The van der Waals surface area contributed by atoms with E-state index in [0.29, 0.717) is 35.9 Å². The number of nitrogens with one attached hydrogen (secondary N) is 4. The Labute approximate surface area is 247 Å². The van der Waals surface area contributed by atoms with Crippen molar-refractivity contribution in [1.29, 1.82) is 0 Å². The fourth-order valence-electron chi connectivity index (χ4n) is 4.26. The van der Waals surface area contributed by atoms with Crippen molar-refractivity contribution < 1.29 is 9.59 Å². The molecule has 214 valence electrons. The first kappa shape index (κ1) is 29.7. The van der Waals surface area contributed by atoms with E-state index >= 15 is 0 Å². The topological polar surface area (TPSA) is 108 Å². The molecule has 4 rings (SSSR count). The molecule has 42 heavy (non-hydrogen) atoms. The van der Waals surface area contributed by atoms with Gasteiger partial charge in [-0.1, -0.05) is 62.1 Å². The van der Waals surface area contributed by atoms with Crippen molar-refractivity contribution in [3.8, 4) is 0 Å². The maximum Gasteiger partial charge on any atom is 0.256 e. The first-order valence-corrected chi connectivity index (χ1v) is 13.9. The van der Waals surface area contributed by atoms with E-state index in [4.69, 9.17) is 0 Å². The summed E-state index contributed by atoms with van der Waals surface area (Å²) in [5, 5.41) is 12.2. The van der Waals surface area contributed by atoms with Gasteiger partial charge in [-0.15, -0.1) is 0 Å². The van der Waals surface area contributed by atoms with Crippen LogP contribution in [0.4, 0.5) is 17.3 Å². The van der Waals surface area contributed by atoms with Crippen LogP contribution in [0.2, 0.25) is 0 Å². The third-order valence-electron chi connectivity index (χ3n) is 6.60. The van der Waals surface area contributed by atoms with E-state index in [1.54, 1.807) is 18.5 Å². The summed E-state index contributed by atoms with van der Waals surface area (Å²) >= 11 is 0. The summed E-state index contributed by atoms with van der Waals surface area (Å²) in [4.78, 5) is 33.3. The number of benzene rings is 2. The normalized spacial score (nSPS) is 12.6. The Balaban J connectivity index is 1.34. The number of allylic oxidation sites excluding steroid dienone is 5. The minimum Gasteiger partial charge on any atom is -0.381 e. The Morgan fingerprint density at radius 2 is 1.81 bits per heavy atom. The predicted molar refractivity (Wildman–Crippen MR) is 171 cm³/mol. The summed E-state index contributed by atoms with van der Waals surface area (Å²) < 4.78 is 0. The Morgan fingerprint density at radius 1 is 1.00 bits per heavy atom. The summed E-state index contributed by atoms with van der Waals surface area (Å²) in [6, 6.07) is 12.2. The van der Waals surface area contributed by atoms with Crippen molar-refractivity contribution in [3.63, 3.8) is 0 Å². The zero-order valence-electron chi connectivity index (χ0n) is 24.2. The minimum absolute atomic E-state index is 0.237. The van der Waals surface area contributed by atoms with Gasteiger partial charge in [-0.2, -0.15) is 0 Å². The molecule has 1 aliphatic rings. The van der Waals surface area contributed by atoms with Crippen molar-refractivity contribution >= 4 is 35.2 Å². The maximum atomic E-state index is 13.1. The SMILES string of the molecule is C=CC(=O)NC1=CCC(Nc2ncc(NC(=O)c3cc(NCc4ccc(/C=C\CC)c(C)c4)ccc3C)cn2)=CC=C1. The molecule has 8 nitrogen and oxygen atoms in total. The predicted octanol–water partition coefficient (Wildman–Crippen LogP) is 6.82. The van der Waals surface area contributed by atoms with Gasteiger partial charge in [0.2, 0.25) is 11.9 Å². The van der Waals surface area contributed by atoms with Crippen molar-refractivity contribution in [1.82, 2.24) is 15.3 Å². The summed E-state index contributed by atoms with van der Waals surface area (Å²) in [5.74, 6) is -0.108. The van der Waals surface area contributed by atoms with Gasteiger partial charge in [-0.25, -0.2) is 9.97 Å². The number of nitrogens with zero attached hydrogens (tertiary/aromatic N) is 2. The van der Waals surface area contributed by atoms with Gasteiger partial charge in [0.25, 0.3) is 5.91 Å². The van der Waals surface area contributed by atoms with Gasteiger partial charge in [0, 0.05) is 35.6 Å². The van der Waals surface area contributed by atoms with Crippen LogP contribution in [0.25, 0.3) is 6.08 Å². The Kier molecular flexibility index (Phi) is 10.2. The molecule has 0 aliphatic heterocycles. The molecule has 8 heteroatoms. The number of carbonyl (C=O) groups excluding carboxylic acids is 2. The summed E-state index contributed by atoms with van der Waals surface area (Å²) in [5.41, 5.74) is 7.95. The highest BCUT2D eigenvalue weighted by Gasteiger charge is 2.12. The summed E-state index contributed by atoms with van der Waals surface area (Å²) in [6.07, 6.45) is 17.6. The lowest BCUT2D eigenvalue weighted by Gasteiger charge is -2.13. The van der Waals surface area contributed by atoms with Crippen LogP contribution in [0.5, 0.6) is 0 Å². The van der Waals surface area contributed by atoms with E-state index in [9.17, 15) is 9.59 Å². The minimum atomic E-state index is -0.266. The second-order valence-corrected chi connectivity index (χ2v) is 9.87. The molecule has 2 amide bonds. The van der Waals surface area contributed by atoms with Crippen LogP contribution in [0.1, 0.15) is 52.4 Å². The van der Waals surface area contributed by atoms with Gasteiger partial charge in [0.05, 0.1) is 18.1 Å². The number of anilines is 3. The molecule has 0 spiro atoms. The van der Waals surface area contributed by atoms with E-state index < -0.39 is 0 Å². The van der Waals surface area contributed by atoms with E-state index in [-0.39, 0.29) is 11.8 Å². The summed E-state index contributed by atoms with van der Waals surface area (Å²) in [6.45, 7) is 10.3. The zero-order valence-corrected chi connectivity index (χ0v) is 24.2. The van der Waals surface area contributed by atoms with Crippen LogP contribution in [0.3, 0.4) is 0 Å². The van der Waals surface area contributed by atoms with Crippen LogP contribution in [-0.2, 0) is 11.3 Å². The molecule has 0 unspecified atom stereocenters. The average Bonchev–Trinajstić information content (AvgIpc) is 3.21. The standard InChI is InChI=1S/C34H36N6O2/c1-5-7-9-26-14-13-25(18-24(26)4)20-35-29-15-12-23(3)31(19-29)33(42)39-30-21-36-34(37-22-30)40-28-11-8-10-27(16-17-28)38-32(41)6-2/h6-16,18-19,21-22,35H,2,5,17,20H2,1,3-4H3,(H,38,41)(H,39,42)(H,36,37,40)/b9-7-. The second-order valence-electron chi connectivity index (χ2n) is 9.87. The molecule has 0 bridgehead atoms. The number of aryl methyl sites for hydroxylation is 2. The molecular formula is C34H36N6O2. The lowest BCUT2D eigenvalue weighted by atomic mass is 10.0. The largest absolute Gasteiger partial charge is 0.381 e. The Hall–Kier alpha value is -5.24. The van der Waals surface area contributed by atoms with E-state index in [1.807, 2.05) is 43.4 Å². The van der Waals surface area contributed by atoms with Crippen molar-refractivity contribution in [2.75, 3.05) is 16.0 Å². The number of aromatic nitrogens is 2. The Bertz CT molecular complexity index is 1580. The van der Waals surface area contributed by atoms with Crippen LogP contribution in [0.15, 0.2) is 103 Å². The van der Waals surface area contributed by atoms with E-state index in [0.717, 1.165) is 23.4 Å². The average molecular weight is 561 g/mol. The van der Waals surface area contributed by atoms with Crippen LogP contribution < -0.4 is 21.3 Å². The smallest absolute Gasteiger partial charge is 0.256 e. The third kappa shape index (κ3) is 8.38.